The van der Waals surface area contributed by atoms with Crippen LogP contribution in [0, 0.1) is 13.8 Å². The summed E-state index contributed by atoms with van der Waals surface area (Å²) in [5.41, 5.74) is 9.23. The van der Waals surface area contributed by atoms with Crippen LogP contribution in [0.5, 0.6) is 0 Å². The molecule has 0 spiro atoms. The summed E-state index contributed by atoms with van der Waals surface area (Å²) in [4.78, 5) is 5.39. The maximum atomic E-state index is 5.39. The van der Waals surface area contributed by atoms with E-state index in [0.29, 0.717) is 0 Å². The Morgan fingerprint density at radius 2 is 1.00 bits per heavy atom. The van der Waals surface area contributed by atoms with E-state index in [0.717, 1.165) is 22.5 Å². The van der Waals surface area contributed by atoms with Crippen LogP contribution >= 0.6 is 0 Å². The molecule has 0 bridgehead atoms. The molecule has 0 atom stereocenters. The van der Waals surface area contributed by atoms with E-state index >= 15 is 0 Å². The van der Waals surface area contributed by atoms with Gasteiger partial charge in [0.1, 0.15) is 0 Å². The highest BCUT2D eigenvalue weighted by atomic mass is 15.0. The molecule has 0 aliphatic rings. The fraction of sp³-hybridized carbons (Fsp3) is 0.0541. The van der Waals surface area contributed by atoms with Gasteiger partial charge < -0.3 is 4.57 Å². The molecule has 2 nitrogen and oxygen atoms in total. The van der Waals surface area contributed by atoms with E-state index in [2.05, 4.69) is 140 Å². The van der Waals surface area contributed by atoms with Crippen molar-refractivity contribution in [3.05, 3.63) is 132 Å². The number of aryl methyl sites for hydroxylation is 2. The Bertz CT molecular complexity index is 2200. The van der Waals surface area contributed by atoms with Crippen LogP contribution in [-0.2, 0) is 0 Å². The monoisotopic (exact) mass is 498 g/mol. The third-order valence-electron chi connectivity index (χ3n) is 8.08. The van der Waals surface area contributed by atoms with Crippen LogP contribution in [-0.4, -0.2) is 9.55 Å². The maximum Gasteiger partial charge on any atom is 0.0794 e. The normalized spacial score (nSPS) is 11.8. The molecule has 0 aliphatic heterocycles. The molecule has 2 aromatic heterocycles. The number of nitrogens with zero attached hydrogens (tertiary/aromatic N) is 2. The van der Waals surface area contributed by atoms with Crippen molar-refractivity contribution < 1.29 is 0 Å². The lowest BCUT2D eigenvalue weighted by Crippen LogP contribution is -1.98. The van der Waals surface area contributed by atoms with Gasteiger partial charge in [-0.15, -0.1) is 0 Å². The molecule has 0 aliphatic carbocycles. The number of rotatable bonds is 2. The minimum atomic E-state index is 0.980. The van der Waals surface area contributed by atoms with Crippen molar-refractivity contribution in [3.8, 4) is 16.9 Å². The highest BCUT2D eigenvalue weighted by Gasteiger charge is 2.17. The first-order chi connectivity index (χ1) is 19.2. The summed E-state index contributed by atoms with van der Waals surface area (Å²) in [5.74, 6) is 0. The van der Waals surface area contributed by atoms with E-state index in [9.17, 15) is 0 Å². The Labute approximate surface area is 226 Å². The van der Waals surface area contributed by atoms with E-state index in [1.165, 1.54) is 59.9 Å². The van der Waals surface area contributed by atoms with Gasteiger partial charge in [0.15, 0.2) is 0 Å². The first-order valence-corrected chi connectivity index (χ1v) is 13.5. The summed E-state index contributed by atoms with van der Waals surface area (Å²) >= 11 is 0. The first-order valence-electron chi connectivity index (χ1n) is 13.5. The summed E-state index contributed by atoms with van der Waals surface area (Å²) in [6.45, 7) is 4.33. The summed E-state index contributed by atoms with van der Waals surface area (Å²) < 4.78 is 2.39. The Kier molecular flexibility index (Phi) is 4.68. The van der Waals surface area contributed by atoms with Gasteiger partial charge in [0, 0.05) is 27.1 Å². The number of hydrogen-bond acceptors (Lipinski definition) is 1. The molecule has 2 heteroatoms. The van der Waals surface area contributed by atoms with Crippen LogP contribution < -0.4 is 0 Å². The average molecular weight is 499 g/mol. The third kappa shape index (κ3) is 3.25. The topological polar surface area (TPSA) is 17.8 Å². The van der Waals surface area contributed by atoms with Crippen LogP contribution in [0.3, 0.4) is 0 Å². The number of para-hydroxylation sites is 3. The zero-order valence-corrected chi connectivity index (χ0v) is 21.9. The second kappa shape index (κ2) is 8.28. The molecular formula is C37H26N2. The second-order valence-corrected chi connectivity index (χ2v) is 10.6. The van der Waals surface area contributed by atoms with Gasteiger partial charge in [-0.05, 0) is 60.3 Å². The first kappa shape index (κ1) is 22.1. The molecule has 2 heterocycles. The number of hydrogen-bond donors (Lipinski definition) is 0. The zero-order valence-electron chi connectivity index (χ0n) is 21.9. The molecule has 8 rings (SSSR count). The van der Waals surface area contributed by atoms with Gasteiger partial charge >= 0.3 is 0 Å². The molecular weight excluding hydrogens is 472 g/mol. The molecule has 0 amide bonds. The van der Waals surface area contributed by atoms with Crippen LogP contribution in [0.15, 0.2) is 121 Å². The molecule has 6 aromatic carbocycles. The summed E-state index contributed by atoms with van der Waals surface area (Å²) in [6, 6.07) is 43.9. The fourth-order valence-electron chi connectivity index (χ4n) is 6.30. The van der Waals surface area contributed by atoms with E-state index in [1.807, 2.05) is 0 Å². The molecule has 8 aromatic rings. The van der Waals surface area contributed by atoms with Gasteiger partial charge in [0.25, 0.3) is 0 Å². The largest absolute Gasteiger partial charge is 0.309 e. The van der Waals surface area contributed by atoms with Crippen molar-refractivity contribution in [2.75, 3.05) is 0 Å². The van der Waals surface area contributed by atoms with Crippen LogP contribution in [0.1, 0.15) is 11.1 Å². The van der Waals surface area contributed by atoms with Crippen molar-refractivity contribution in [2.45, 2.75) is 13.8 Å². The molecule has 0 radical (unpaired) electrons. The van der Waals surface area contributed by atoms with Crippen LogP contribution in [0.2, 0.25) is 0 Å². The minimum Gasteiger partial charge on any atom is -0.309 e. The van der Waals surface area contributed by atoms with Crippen molar-refractivity contribution in [1.82, 2.24) is 9.55 Å². The lowest BCUT2D eigenvalue weighted by atomic mass is 9.94. The molecule has 0 N–H and O–H groups in total. The average Bonchev–Trinajstić information content (AvgIpc) is 3.31. The maximum absolute atomic E-state index is 5.39. The molecule has 39 heavy (non-hydrogen) atoms. The Balaban J connectivity index is 1.45. The number of aromatic nitrogens is 2. The number of fused-ring (bicyclic) bond motifs is 9. The lowest BCUT2D eigenvalue weighted by molar-refractivity contribution is 1.18. The molecule has 184 valence electrons. The summed E-state index contributed by atoms with van der Waals surface area (Å²) in [6.07, 6.45) is 0. The molecule has 0 saturated heterocycles. The quantitative estimate of drug-likeness (QED) is 0.217. The number of benzene rings is 6. The summed E-state index contributed by atoms with van der Waals surface area (Å²) in [7, 11) is 0. The smallest absolute Gasteiger partial charge is 0.0794 e. The molecule has 0 fully saturated rings. The van der Waals surface area contributed by atoms with Crippen molar-refractivity contribution in [3.63, 3.8) is 0 Å². The number of pyridine rings is 1. The summed E-state index contributed by atoms with van der Waals surface area (Å²) in [5, 5.41) is 8.73. The van der Waals surface area contributed by atoms with Crippen LogP contribution in [0.25, 0.3) is 71.2 Å². The van der Waals surface area contributed by atoms with Gasteiger partial charge in [-0.25, -0.2) is 4.98 Å². The predicted molar refractivity (Wildman–Crippen MR) is 166 cm³/mol. The Morgan fingerprint density at radius 1 is 0.462 bits per heavy atom. The van der Waals surface area contributed by atoms with Gasteiger partial charge in [-0.1, -0.05) is 102 Å². The van der Waals surface area contributed by atoms with Crippen molar-refractivity contribution in [2.24, 2.45) is 0 Å². The lowest BCUT2D eigenvalue weighted by Gasteiger charge is -2.15. The van der Waals surface area contributed by atoms with E-state index in [1.54, 1.807) is 0 Å². The predicted octanol–water partition coefficient (Wildman–Crippen LogP) is 9.92. The van der Waals surface area contributed by atoms with E-state index < -0.39 is 0 Å². The Morgan fingerprint density at radius 3 is 1.72 bits per heavy atom. The highest BCUT2D eigenvalue weighted by Crippen LogP contribution is 2.39. The standard InChI is InChI=1S/C37H26N2/c1-23-15-17-25-28-19-20-33(38-37(28)29-18-16-24(2)22-32(29)31(25)21-23)30-11-5-8-14-36(30)39-34-12-6-3-9-26(34)27-10-4-7-13-35(27)39/h3-22H,1-2H3. The SMILES string of the molecule is Cc1ccc2c(c1)c1cc(C)ccc1c1nc(-c3ccccc3-n3c4ccccc4c4ccccc43)ccc21. The van der Waals surface area contributed by atoms with E-state index in [4.69, 9.17) is 4.98 Å². The van der Waals surface area contributed by atoms with Gasteiger partial charge in [-0.2, -0.15) is 0 Å². The zero-order chi connectivity index (χ0) is 26.1. The van der Waals surface area contributed by atoms with Crippen LogP contribution in [0.4, 0.5) is 0 Å². The minimum absolute atomic E-state index is 0.980. The van der Waals surface area contributed by atoms with Gasteiger partial charge in [-0.3, -0.25) is 0 Å². The molecule has 0 saturated carbocycles. The second-order valence-electron chi connectivity index (χ2n) is 10.6. The molecule has 0 unspecified atom stereocenters. The third-order valence-corrected chi connectivity index (χ3v) is 8.08. The highest BCUT2D eigenvalue weighted by molar-refractivity contribution is 6.24. The van der Waals surface area contributed by atoms with E-state index in [-0.39, 0.29) is 0 Å². The van der Waals surface area contributed by atoms with Crippen molar-refractivity contribution in [1.29, 1.82) is 0 Å². The Hall–Kier alpha value is -4.95. The van der Waals surface area contributed by atoms with Gasteiger partial charge in [0.05, 0.1) is 27.9 Å². The fourth-order valence-corrected chi connectivity index (χ4v) is 6.30. The van der Waals surface area contributed by atoms with Crippen molar-refractivity contribution >= 4 is 54.3 Å². The van der Waals surface area contributed by atoms with Gasteiger partial charge in [0.2, 0.25) is 0 Å².